The molecule has 1 N–H and O–H groups in total. The van der Waals surface area contributed by atoms with E-state index < -0.39 is 6.09 Å². The Morgan fingerprint density at radius 1 is 1.18 bits per heavy atom. The number of amides is 1. The quantitative estimate of drug-likeness (QED) is 0.851. The second-order valence-electron chi connectivity index (χ2n) is 4.39. The molecule has 4 nitrogen and oxygen atoms in total. The highest BCUT2D eigenvalue weighted by Gasteiger charge is 2.23. The van der Waals surface area contributed by atoms with E-state index in [9.17, 15) is 4.79 Å². The summed E-state index contributed by atoms with van der Waals surface area (Å²) in [5.41, 5.74) is 1.29. The van der Waals surface area contributed by atoms with E-state index in [-0.39, 0.29) is 0 Å². The van der Waals surface area contributed by atoms with Crippen molar-refractivity contribution in [2.24, 2.45) is 0 Å². The highest BCUT2D eigenvalue weighted by molar-refractivity contribution is 5.65. The first-order valence-corrected chi connectivity index (χ1v) is 5.95. The summed E-state index contributed by atoms with van der Waals surface area (Å²) in [6, 6.07) is 10.7. The van der Waals surface area contributed by atoms with Gasteiger partial charge in [0.2, 0.25) is 0 Å². The van der Waals surface area contributed by atoms with Gasteiger partial charge >= 0.3 is 6.09 Å². The zero-order valence-electron chi connectivity index (χ0n) is 10.0. The Kier molecular flexibility index (Phi) is 3.64. The summed E-state index contributed by atoms with van der Waals surface area (Å²) in [6.45, 7) is 5.00. The molecule has 1 aromatic carbocycles. The van der Waals surface area contributed by atoms with Crippen LogP contribution in [0.15, 0.2) is 30.3 Å². The maximum atomic E-state index is 10.8. The van der Waals surface area contributed by atoms with Crippen LogP contribution in [0.25, 0.3) is 0 Å². The lowest BCUT2D eigenvalue weighted by molar-refractivity contribution is 0.0889. The van der Waals surface area contributed by atoms with E-state index in [1.54, 1.807) is 0 Å². The number of hydrogen-bond acceptors (Lipinski definition) is 2. The third kappa shape index (κ3) is 2.77. The molecule has 1 amide bonds. The number of hydrogen-bond donors (Lipinski definition) is 1. The fraction of sp³-hybridized carbons (Fsp3) is 0.462. The summed E-state index contributed by atoms with van der Waals surface area (Å²) < 4.78 is 0. The van der Waals surface area contributed by atoms with Gasteiger partial charge in [-0.3, -0.25) is 4.90 Å². The fourth-order valence-electron chi connectivity index (χ4n) is 2.24. The molecule has 0 aromatic heterocycles. The third-order valence-corrected chi connectivity index (χ3v) is 3.41. The van der Waals surface area contributed by atoms with Crippen molar-refractivity contribution in [1.82, 2.24) is 9.80 Å². The van der Waals surface area contributed by atoms with E-state index in [1.165, 1.54) is 10.5 Å². The highest BCUT2D eigenvalue weighted by atomic mass is 16.4. The van der Waals surface area contributed by atoms with E-state index in [4.69, 9.17) is 5.11 Å². The first kappa shape index (κ1) is 11.9. The van der Waals surface area contributed by atoms with Crippen LogP contribution in [0.2, 0.25) is 0 Å². The topological polar surface area (TPSA) is 43.8 Å². The lowest BCUT2D eigenvalue weighted by Crippen LogP contribution is -2.48. The monoisotopic (exact) mass is 234 g/mol. The van der Waals surface area contributed by atoms with Crippen LogP contribution in [-0.4, -0.2) is 47.2 Å². The Hall–Kier alpha value is -1.55. The molecule has 1 aliphatic rings. The summed E-state index contributed by atoms with van der Waals surface area (Å²) >= 11 is 0. The van der Waals surface area contributed by atoms with Crippen molar-refractivity contribution < 1.29 is 9.90 Å². The molecule has 1 saturated heterocycles. The minimum absolute atomic E-state index is 0.354. The molecule has 0 radical (unpaired) electrons. The average molecular weight is 234 g/mol. The average Bonchev–Trinajstić information content (AvgIpc) is 2.39. The van der Waals surface area contributed by atoms with E-state index in [0.717, 1.165) is 13.1 Å². The molecular formula is C13H18N2O2. The second kappa shape index (κ2) is 5.19. The standard InChI is InChI=1S/C13H18N2O2/c1-11(12-5-3-2-4-6-12)14-7-9-15(10-8-14)13(16)17/h2-6,11H,7-10H2,1H3,(H,16,17). The van der Waals surface area contributed by atoms with Gasteiger partial charge in [-0.25, -0.2) is 4.79 Å². The normalized spacial score (nSPS) is 19.0. The van der Waals surface area contributed by atoms with Gasteiger partial charge in [-0.15, -0.1) is 0 Å². The van der Waals surface area contributed by atoms with Crippen molar-refractivity contribution in [2.75, 3.05) is 26.2 Å². The largest absolute Gasteiger partial charge is 0.465 e. The van der Waals surface area contributed by atoms with Crippen molar-refractivity contribution in [3.63, 3.8) is 0 Å². The predicted octanol–water partition coefficient (Wildman–Crippen LogP) is 2.04. The summed E-state index contributed by atoms with van der Waals surface area (Å²) in [6.07, 6.45) is -0.808. The summed E-state index contributed by atoms with van der Waals surface area (Å²) in [5.74, 6) is 0. The van der Waals surface area contributed by atoms with Crippen LogP contribution >= 0.6 is 0 Å². The fourth-order valence-corrected chi connectivity index (χ4v) is 2.24. The van der Waals surface area contributed by atoms with Crippen LogP contribution in [0.5, 0.6) is 0 Å². The van der Waals surface area contributed by atoms with Crippen molar-refractivity contribution in [2.45, 2.75) is 13.0 Å². The number of benzene rings is 1. The molecule has 1 atom stereocenters. The molecule has 0 saturated carbocycles. The van der Waals surface area contributed by atoms with Crippen LogP contribution in [0.1, 0.15) is 18.5 Å². The molecular weight excluding hydrogens is 216 g/mol. The molecule has 1 aliphatic heterocycles. The maximum absolute atomic E-state index is 10.8. The van der Waals surface area contributed by atoms with Crippen LogP contribution in [0, 0.1) is 0 Å². The molecule has 0 spiro atoms. The van der Waals surface area contributed by atoms with E-state index in [0.29, 0.717) is 19.1 Å². The third-order valence-electron chi connectivity index (χ3n) is 3.41. The van der Waals surface area contributed by atoms with E-state index in [1.807, 2.05) is 18.2 Å². The van der Waals surface area contributed by atoms with Crippen LogP contribution < -0.4 is 0 Å². The predicted molar refractivity (Wildman–Crippen MR) is 66.0 cm³/mol. The van der Waals surface area contributed by atoms with Crippen molar-refractivity contribution in [1.29, 1.82) is 0 Å². The van der Waals surface area contributed by atoms with Crippen molar-refractivity contribution in [3.8, 4) is 0 Å². The lowest BCUT2D eigenvalue weighted by atomic mass is 10.1. The lowest BCUT2D eigenvalue weighted by Gasteiger charge is -2.37. The molecule has 17 heavy (non-hydrogen) atoms. The Morgan fingerprint density at radius 3 is 2.29 bits per heavy atom. The molecule has 4 heteroatoms. The molecule has 0 bridgehead atoms. The Balaban J connectivity index is 1.95. The van der Waals surface area contributed by atoms with Gasteiger partial charge in [-0.1, -0.05) is 30.3 Å². The molecule has 1 aromatic rings. The number of piperazine rings is 1. The van der Waals surface area contributed by atoms with Gasteiger partial charge in [-0.2, -0.15) is 0 Å². The number of carbonyl (C=O) groups is 1. The van der Waals surface area contributed by atoms with Crippen LogP contribution in [0.3, 0.4) is 0 Å². The first-order valence-electron chi connectivity index (χ1n) is 5.95. The van der Waals surface area contributed by atoms with E-state index >= 15 is 0 Å². The molecule has 1 fully saturated rings. The van der Waals surface area contributed by atoms with Crippen molar-refractivity contribution in [3.05, 3.63) is 35.9 Å². The van der Waals surface area contributed by atoms with Gasteiger partial charge in [0.15, 0.2) is 0 Å². The molecule has 92 valence electrons. The molecule has 1 heterocycles. The Bertz CT molecular complexity index is 372. The summed E-state index contributed by atoms with van der Waals surface area (Å²) in [7, 11) is 0. The molecule has 1 unspecified atom stereocenters. The SMILES string of the molecule is CC(c1ccccc1)N1CCN(C(=O)O)CC1. The van der Waals surface area contributed by atoms with Crippen LogP contribution in [0.4, 0.5) is 4.79 Å². The Morgan fingerprint density at radius 2 is 1.76 bits per heavy atom. The van der Waals surface area contributed by atoms with Crippen molar-refractivity contribution >= 4 is 6.09 Å². The zero-order valence-corrected chi connectivity index (χ0v) is 10.0. The van der Waals surface area contributed by atoms with Gasteiger partial charge in [0, 0.05) is 32.2 Å². The summed E-state index contributed by atoms with van der Waals surface area (Å²) in [5, 5.41) is 8.89. The minimum atomic E-state index is -0.808. The highest BCUT2D eigenvalue weighted by Crippen LogP contribution is 2.21. The van der Waals surface area contributed by atoms with Gasteiger partial charge < -0.3 is 10.0 Å². The van der Waals surface area contributed by atoms with Gasteiger partial charge in [-0.05, 0) is 12.5 Å². The first-order chi connectivity index (χ1) is 8.18. The summed E-state index contributed by atoms with van der Waals surface area (Å²) in [4.78, 5) is 14.6. The smallest absolute Gasteiger partial charge is 0.407 e. The zero-order chi connectivity index (χ0) is 12.3. The number of rotatable bonds is 2. The van der Waals surface area contributed by atoms with Gasteiger partial charge in [0.05, 0.1) is 0 Å². The van der Waals surface area contributed by atoms with Crippen LogP contribution in [-0.2, 0) is 0 Å². The minimum Gasteiger partial charge on any atom is -0.465 e. The molecule has 0 aliphatic carbocycles. The number of carboxylic acid groups (broad SMARTS) is 1. The second-order valence-corrected chi connectivity index (χ2v) is 4.39. The van der Waals surface area contributed by atoms with E-state index in [2.05, 4.69) is 24.0 Å². The number of nitrogens with zero attached hydrogens (tertiary/aromatic N) is 2. The van der Waals surface area contributed by atoms with Gasteiger partial charge in [0.1, 0.15) is 0 Å². The Labute approximate surface area is 101 Å². The maximum Gasteiger partial charge on any atom is 0.407 e. The molecule has 2 rings (SSSR count). The van der Waals surface area contributed by atoms with Gasteiger partial charge in [0.25, 0.3) is 0 Å².